The largest absolute Gasteiger partial charge is 0.493 e. The van der Waals surface area contributed by atoms with Gasteiger partial charge < -0.3 is 24.8 Å². The predicted molar refractivity (Wildman–Crippen MR) is 107 cm³/mol. The van der Waals surface area contributed by atoms with Crippen LogP contribution in [0.15, 0.2) is 18.2 Å². The first-order valence-electron chi connectivity index (χ1n) is 9.83. The first-order chi connectivity index (χ1) is 13.6. The second kappa shape index (κ2) is 7.83. The number of ether oxygens (including phenoxy) is 3. The Bertz CT molecular complexity index is 872. The molecule has 2 saturated heterocycles. The molecule has 1 aromatic carbocycles. The van der Waals surface area contributed by atoms with Gasteiger partial charge in [0.25, 0.3) is 5.91 Å². The molecule has 4 rings (SSSR count). The minimum Gasteiger partial charge on any atom is -0.493 e. The first-order valence-corrected chi connectivity index (χ1v) is 9.83. The number of anilines is 1. The van der Waals surface area contributed by atoms with Crippen molar-refractivity contribution < 1.29 is 19.0 Å². The lowest BCUT2D eigenvalue weighted by atomic mass is 9.91. The van der Waals surface area contributed by atoms with Gasteiger partial charge in [-0.15, -0.1) is 0 Å². The lowest BCUT2D eigenvalue weighted by Crippen LogP contribution is -2.43. The quantitative estimate of drug-likeness (QED) is 0.871. The molecule has 28 heavy (non-hydrogen) atoms. The van der Waals surface area contributed by atoms with Crippen LogP contribution in [0.4, 0.5) is 5.69 Å². The number of nitrogens with two attached hydrogens (primary N) is 1. The van der Waals surface area contributed by atoms with Crippen molar-refractivity contribution in [2.75, 3.05) is 39.6 Å². The zero-order chi connectivity index (χ0) is 19.7. The van der Waals surface area contributed by atoms with E-state index in [4.69, 9.17) is 24.9 Å². The molecule has 2 aromatic rings. The van der Waals surface area contributed by atoms with Crippen LogP contribution in [0.3, 0.4) is 0 Å². The fourth-order valence-electron chi connectivity index (χ4n) is 4.21. The maximum absolute atomic E-state index is 12.6. The van der Waals surface area contributed by atoms with Crippen LogP contribution < -0.4 is 15.2 Å². The van der Waals surface area contributed by atoms with E-state index in [0.717, 1.165) is 42.3 Å². The van der Waals surface area contributed by atoms with Gasteiger partial charge in [-0.2, -0.15) is 0 Å². The van der Waals surface area contributed by atoms with Gasteiger partial charge in [-0.3, -0.25) is 9.78 Å². The van der Waals surface area contributed by atoms with Crippen molar-refractivity contribution in [3.05, 3.63) is 23.9 Å². The van der Waals surface area contributed by atoms with Crippen LogP contribution in [0.2, 0.25) is 0 Å². The highest BCUT2D eigenvalue weighted by Crippen LogP contribution is 2.36. The van der Waals surface area contributed by atoms with E-state index in [1.807, 2.05) is 23.1 Å². The number of aromatic nitrogens is 1. The van der Waals surface area contributed by atoms with Crippen LogP contribution in [0.5, 0.6) is 11.5 Å². The van der Waals surface area contributed by atoms with Crippen LogP contribution >= 0.6 is 0 Å². The van der Waals surface area contributed by atoms with Gasteiger partial charge in [0.15, 0.2) is 11.5 Å². The maximum atomic E-state index is 12.6. The number of nitrogens with zero attached hydrogens (tertiary/aromatic N) is 2. The lowest BCUT2D eigenvalue weighted by molar-refractivity contribution is -0.142. The van der Waals surface area contributed by atoms with Crippen molar-refractivity contribution in [2.45, 2.75) is 37.7 Å². The number of piperidine rings is 1. The second-order valence-corrected chi connectivity index (χ2v) is 7.46. The second-order valence-electron chi connectivity index (χ2n) is 7.46. The van der Waals surface area contributed by atoms with Crippen LogP contribution in [-0.4, -0.2) is 55.8 Å². The summed E-state index contributed by atoms with van der Waals surface area (Å²) in [4.78, 5) is 19.3. The van der Waals surface area contributed by atoms with Gasteiger partial charge in [0, 0.05) is 37.1 Å². The van der Waals surface area contributed by atoms with E-state index in [0.29, 0.717) is 36.9 Å². The maximum Gasteiger partial charge on any atom is 0.251 e. The van der Waals surface area contributed by atoms with Gasteiger partial charge in [0.1, 0.15) is 6.10 Å². The fourth-order valence-corrected chi connectivity index (χ4v) is 4.21. The Morgan fingerprint density at radius 3 is 2.50 bits per heavy atom. The third-order valence-electron chi connectivity index (χ3n) is 5.78. The average Bonchev–Trinajstić information content (AvgIpc) is 3.27. The molecule has 2 aliphatic rings. The monoisotopic (exact) mass is 385 g/mol. The van der Waals surface area contributed by atoms with Crippen LogP contribution in [0, 0.1) is 0 Å². The Morgan fingerprint density at radius 1 is 1.14 bits per heavy atom. The molecule has 0 bridgehead atoms. The van der Waals surface area contributed by atoms with E-state index in [9.17, 15) is 4.79 Å². The Morgan fingerprint density at radius 2 is 1.86 bits per heavy atom. The molecule has 0 spiro atoms. The number of fused-ring (bicyclic) bond motifs is 1. The van der Waals surface area contributed by atoms with E-state index in [1.54, 1.807) is 14.2 Å². The van der Waals surface area contributed by atoms with Crippen LogP contribution in [0.1, 0.15) is 37.3 Å². The number of likely N-dealkylation sites (tertiary alicyclic amines) is 1. The number of methoxy groups -OCH3 is 2. The number of carbonyl (C=O) groups excluding carboxylic acids is 1. The van der Waals surface area contributed by atoms with Crippen molar-refractivity contribution >= 4 is 22.5 Å². The van der Waals surface area contributed by atoms with Gasteiger partial charge in [0.2, 0.25) is 0 Å². The Hall–Kier alpha value is -2.54. The lowest BCUT2D eigenvalue weighted by Gasteiger charge is -2.33. The standard InChI is InChI=1S/C21H27N3O4/c1-26-18-11-14-10-15(22)20(23-16(14)12-19(18)27-2)13-5-7-24(8-6-13)21(25)17-4-3-9-28-17/h10-13,17H,3-9,22H2,1-2H3. The number of rotatable bonds is 4. The SMILES string of the molecule is COc1cc2cc(N)c(C3CCN(C(=O)C4CCCO4)CC3)nc2cc1OC. The van der Waals surface area contributed by atoms with Crippen molar-refractivity contribution in [1.29, 1.82) is 0 Å². The topological polar surface area (TPSA) is 86.9 Å². The third kappa shape index (κ3) is 3.46. The molecule has 7 nitrogen and oxygen atoms in total. The molecule has 0 aliphatic carbocycles. The summed E-state index contributed by atoms with van der Waals surface area (Å²) in [7, 11) is 3.23. The average molecular weight is 385 g/mol. The molecule has 150 valence electrons. The summed E-state index contributed by atoms with van der Waals surface area (Å²) >= 11 is 0. The minimum absolute atomic E-state index is 0.132. The summed E-state index contributed by atoms with van der Waals surface area (Å²) in [6.07, 6.45) is 3.27. The summed E-state index contributed by atoms with van der Waals surface area (Å²) in [5, 5.41) is 0.921. The van der Waals surface area contributed by atoms with E-state index < -0.39 is 0 Å². The Kier molecular flexibility index (Phi) is 5.26. The van der Waals surface area contributed by atoms with Crippen molar-refractivity contribution in [3.63, 3.8) is 0 Å². The number of benzene rings is 1. The smallest absolute Gasteiger partial charge is 0.251 e. The van der Waals surface area contributed by atoms with Crippen LogP contribution in [0.25, 0.3) is 10.9 Å². The summed E-state index contributed by atoms with van der Waals surface area (Å²) in [6.45, 7) is 2.13. The molecule has 0 saturated carbocycles. The highest BCUT2D eigenvalue weighted by Gasteiger charge is 2.32. The summed E-state index contributed by atoms with van der Waals surface area (Å²) < 4.78 is 16.3. The molecule has 1 atom stereocenters. The zero-order valence-corrected chi connectivity index (χ0v) is 16.4. The fraction of sp³-hybridized carbons (Fsp3) is 0.524. The number of hydrogen-bond acceptors (Lipinski definition) is 6. The number of pyridine rings is 1. The van der Waals surface area contributed by atoms with E-state index in [-0.39, 0.29) is 17.9 Å². The third-order valence-corrected chi connectivity index (χ3v) is 5.78. The molecular weight excluding hydrogens is 358 g/mol. The summed E-state index contributed by atoms with van der Waals surface area (Å²) in [5.74, 6) is 1.68. The van der Waals surface area contributed by atoms with Gasteiger partial charge in [-0.05, 0) is 37.8 Å². The zero-order valence-electron chi connectivity index (χ0n) is 16.4. The molecule has 1 aromatic heterocycles. The summed E-state index contributed by atoms with van der Waals surface area (Å²) in [6, 6.07) is 5.72. The highest BCUT2D eigenvalue weighted by atomic mass is 16.5. The molecule has 1 unspecified atom stereocenters. The number of nitrogen functional groups attached to an aromatic ring is 1. The molecule has 2 fully saturated rings. The molecule has 0 radical (unpaired) electrons. The van der Waals surface area contributed by atoms with Crippen molar-refractivity contribution in [1.82, 2.24) is 9.88 Å². The predicted octanol–water partition coefficient (Wildman–Crippen LogP) is 2.72. The minimum atomic E-state index is -0.247. The number of amides is 1. The van der Waals surface area contributed by atoms with Gasteiger partial charge in [-0.25, -0.2) is 0 Å². The summed E-state index contributed by atoms with van der Waals surface area (Å²) in [5.41, 5.74) is 8.76. The van der Waals surface area contributed by atoms with E-state index >= 15 is 0 Å². The molecule has 2 aliphatic heterocycles. The Balaban J connectivity index is 1.53. The number of carbonyl (C=O) groups is 1. The molecule has 2 N–H and O–H groups in total. The molecule has 7 heteroatoms. The normalized spacial score (nSPS) is 20.5. The van der Waals surface area contributed by atoms with Crippen molar-refractivity contribution in [3.8, 4) is 11.5 Å². The first kappa shape index (κ1) is 18.8. The highest BCUT2D eigenvalue weighted by molar-refractivity contribution is 5.86. The van der Waals surface area contributed by atoms with Crippen LogP contribution in [-0.2, 0) is 9.53 Å². The van der Waals surface area contributed by atoms with E-state index in [1.165, 1.54) is 0 Å². The van der Waals surface area contributed by atoms with Gasteiger partial charge >= 0.3 is 0 Å². The molecule has 1 amide bonds. The number of hydrogen-bond donors (Lipinski definition) is 1. The molecule has 3 heterocycles. The Labute approximate surface area is 164 Å². The van der Waals surface area contributed by atoms with Crippen molar-refractivity contribution in [2.24, 2.45) is 0 Å². The van der Waals surface area contributed by atoms with Gasteiger partial charge in [-0.1, -0.05) is 0 Å². The van der Waals surface area contributed by atoms with Gasteiger partial charge in [0.05, 0.1) is 31.1 Å². The molecular formula is C21H27N3O4. The van der Waals surface area contributed by atoms with E-state index in [2.05, 4.69) is 0 Å².